The molecule has 1 N–H and O–H groups in total. The summed E-state index contributed by atoms with van der Waals surface area (Å²) in [5.74, 6) is 0.888. The monoisotopic (exact) mass is 325 g/mol. The third-order valence-electron chi connectivity index (χ3n) is 2.82. The zero-order valence-corrected chi connectivity index (χ0v) is 12.8. The number of hydrogen-bond donors (Lipinski definition) is 1. The third kappa shape index (κ3) is 3.34. The van der Waals surface area contributed by atoms with Gasteiger partial charge in [0.25, 0.3) is 0 Å². The lowest BCUT2D eigenvalue weighted by atomic mass is 10.2. The van der Waals surface area contributed by atoms with Crippen molar-refractivity contribution >= 4 is 27.3 Å². The molecule has 2 nitrogen and oxygen atoms in total. The Morgan fingerprint density at radius 2 is 2.22 bits per heavy atom. The number of thiophene rings is 1. The average Bonchev–Trinajstić information content (AvgIpc) is 2.91. The molecule has 96 valence electrons. The summed E-state index contributed by atoms with van der Waals surface area (Å²) in [5, 5.41) is 5.62. The van der Waals surface area contributed by atoms with Gasteiger partial charge >= 0.3 is 0 Å². The van der Waals surface area contributed by atoms with Crippen molar-refractivity contribution in [2.75, 3.05) is 7.11 Å². The number of ether oxygens (including phenoxy) is 1. The van der Waals surface area contributed by atoms with Gasteiger partial charge in [-0.3, -0.25) is 0 Å². The maximum atomic E-state index is 5.24. The highest BCUT2D eigenvalue weighted by molar-refractivity contribution is 9.10. The van der Waals surface area contributed by atoms with Crippen molar-refractivity contribution in [2.24, 2.45) is 0 Å². The van der Waals surface area contributed by atoms with Gasteiger partial charge in [-0.1, -0.05) is 22.0 Å². The minimum atomic E-state index is 0.364. The second-order valence-electron chi connectivity index (χ2n) is 4.08. The Morgan fingerprint density at radius 1 is 1.39 bits per heavy atom. The molecule has 18 heavy (non-hydrogen) atoms. The lowest BCUT2D eigenvalue weighted by Gasteiger charge is -2.13. The Balaban J connectivity index is 2.01. The van der Waals surface area contributed by atoms with Crippen LogP contribution in [0.4, 0.5) is 0 Å². The van der Waals surface area contributed by atoms with Gasteiger partial charge < -0.3 is 10.1 Å². The molecule has 4 heteroatoms. The molecule has 0 aliphatic rings. The molecule has 0 aliphatic carbocycles. The van der Waals surface area contributed by atoms with Crippen LogP contribution in [-0.4, -0.2) is 7.11 Å². The zero-order valence-electron chi connectivity index (χ0n) is 10.4. The van der Waals surface area contributed by atoms with E-state index >= 15 is 0 Å². The summed E-state index contributed by atoms with van der Waals surface area (Å²) in [6.07, 6.45) is 0. The van der Waals surface area contributed by atoms with E-state index in [2.05, 4.69) is 51.7 Å². The van der Waals surface area contributed by atoms with Crippen molar-refractivity contribution in [1.29, 1.82) is 0 Å². The SMILES string of the molecule is COc1ccc(Br)c(CN[C@@H](C)c2cccs2)c1. The molecule has 1 aromatic carbocycles. The number of hydrogen-bond acceptors (Lipinski definition) is 3. The van der Waals surface area contributed by atoms with Gasteiger partial charge in [0.15, 0.2) is 0 Å². The molecule has 0 saturated carbocycles. The molecule has 0 aliphatic heterocycles. The van der Waals surface area contributed by atoms with Crippen molar-refractivity contribution in [1.82, 2.24) is 5.32 Å². The van der Waals surface area contributed by atoms with E-state index in [0.717, 1.165) is 16.8 Å². The molecule has 0 fully saturated rings. The van der Waals surface area contributed by atoms with Gasteiger partial charge in [-0.15, -0.1) is 11.3 Å². The van der Waals surface area contributed by atoms with E-state index in [4.69, 9.17) is 4.74 Å². The number of halogens is 1. The molecular weight excluding hydrogens is 310 g/mol. The van der Waals surface area contributed by atoms with Crippen LogP contribution in [-0.2, 0) is 6.54 Å². The zero-order chi connectivity index (χ0) is 13.0. The summed E-state index contributed by atoms with van der Waals surface area (Å²) >= 11 is 5.34. The summed E-state index contributed by atoms with van der Waals surface area (Å²) in [7, 11) is 1.69. The smallest absolute Gasteiger partial charge is 0.119 e. The fourth-order valence-electron chi connectivity index (χ4n) is 1.71. The molecule has 1 aromatic heterocycles. The van der Waals surface area contributed by atoms with Gasteiger partial charge in [-0.2, -0.15) is 0 Å². The van der Waals surface area contributed by atoms with E-state index in [1.165, 1.54) is 10.4 Å². The van der Waals surface area contributed by atoms with Crippen LogP contribution < -0.4 is 10.1 Å². The van der Waals surface area contributed by atoms with Crippen molar-refractivity contribution in [3.05, 3.63) is 50.6 Å². The number of nitrogens with one attached hydrogen (secondary N) is 1. The highest BCUT2D eigenvalue weighted by Crippen LogP contribution is 2.24. The van der Waals surface area contributed by atoms with Gasteiger partial charge in [-0.25, -0.2) is 0 Å². The maximum Gasteiger partial charge on any atom is 0.119 e. The van der Waals surface area contributed by atoms with Crippen molar-refractivity contribution in [3.63, 3.8) is 0 Å². The van der Waals surface area contributed by atoms with Gasteiger partial charge in [0.2, 0.25) is 0 Å². The highest BCUT2D eigenvalue weighted by atomic mass is 79.9. The summed E-state index contributed by atoms with van der Waals surface area (Å²) in [4.78, 5) is 1.36. The second-order valence-corrected chi connectivity index (χ2v) is 5.91. The number of rotatable bonds is 5. The standard InChI is InChI=1S/C14H16BrNOS/c1-10(14-4-3-7-18-14)16-9-11-8-12(17-2)5-6-13(11)15/h3-8,10,16H,9H2,1-2H3/t10-/m0/s1. The molecule has 1 atom stereocenters. The molecule has 0 bridgehead atoms. The first-order valence-electron chi connectivity index (χ1n) is 5.80. The maximum absolute atomic E-state index is 5.24. The summed E-state index contributed by atoms with van der Waals surface area (Å²) in [6.45, 7) is 3.00. The third-order valence-corrected chi connectivity index (χ3v) is 4.65. The minimum Gasteiger partial charge on any atom is -0.497 e. The Hall–Kier alpha value is -0.840. The van der Waals surface area contributed by atoms with Gasteiger partial charge in [0.1, 0.15) is 5.75 Å². The van der Waals surface area contributed by atoms with E-state index in [0.29, 0.717) is 6.04 Å². The summed E-state index contributed by atoms with van der Waals surface area (Å²) in [5.41, 5.74) is 1.21. The minimum absolute atomic E-state index is 0.364. The first-order chi connectivity index (χ1) is 8.70. The summed E-state index contributed by atoms with van der Waals surface area (Å²) < 4.78 is 6.35. The van der Waals surface area contributed by atoms with Crippen LogP contribution in [0.1, 0.15) is 23.4 Å². The number of methoxy groups -OCH3 is 1. The van der Waals surface area contributed by atoms with Crippen LogP contribution >= 0.6 is 27.3 Å². The van der Waals surface area contributed by atoms with E-state index in [1.807, 2.05) is 12.1 Å². The molecule has 0 saturated heterocycles. The van der Waals surface area contributed by atoms with Crippen molar-refractivity contribution < 1.29 is 4.74 Å². The predicted octanol–water partition coefficient (Wildman–Crippen LogP) is 4.37. The molecule has 2 aromatic rings. The largest absolute Gasteiger partial charge is 0.497 e. The van der Waals surface area contributed by atoms with Crippen LogP contribution in [0.25, 0.3) is 0 Å². The van der Waals surface area contributed by atoms with Gasteiger partial charge in [0, 0.05) is 21.9 Å². The first-order valence-corrected chi connectivity index (χ1v) is 7.47. The normalized spacial score (nSPS) is 12.4. The summed E-state index contributed by atoms with van der Waals surface area (Å²) in [6, 6.07) is 10.6. The van der Waals surface area contributed by atoms with Crippen LogP contribution in [0.5, 0.6) is 5.75 Å². The lowest BCUT2D eigenvalue weighted by Crippen LogP contribution is -2.17. The average molecular weight is 326 g/mol. The van der Waals surface area contributed by atoms with Gasteiger partial charge in [-0.05, 0) is 42.1 Å². The van der Waals surface area contributed by atoms with Crippen LogP contribution in [0.15, 0.2) is 40.2 Å². The fraction of sp³-hybridized carbons (Fsp3) is 0.286. The Labute approximate surface area is 120 Å². The van der Waals surface area contributed by atoms with Crippen LogP contribution in [0.3, 0.4) is 0 Å². The van der Waals surface area contributed by atoms with E-state index in [1.54, 1.807) is 18.4 Å². The Kier molecular flexibility index (Phi) is 4.80. The molecule has 0 spiro atoms. The van der Waals surface area contributed by atoms with E-state index in [-0.39, 0.29) is 0 Å². The van der Waals surface area contributed by atoms with E-state index in [9.17, 15) is 0 Å². The second kappa shape index (κ2) is 6.36. The highest BCUT2D eigenvalue weighted by Gasteiger charge is 2.07. The molecule has 0 amide bonds. The quantitative estimate of drug-likeness (QED) is 0.881. The van der Waals surface area contributed by atoms with Crippen LogP contribution in [0, 0.1) is 0 Å². The molecule has 0 unspecified atom stereocenters. The molecule has 2 rings (SSSR count). The Morgan fingerprint density at radius 3 is 2.89 bits per heavy atom. The van der Waals surface area contributed by atoms with Crippen molar-refractivity contribution in [3.8, 4) is 5.75 Å². The number of benzene rings is 1. The topological polar surface area (TPSA) is 21.3 Å². The molecule has 1 heterocycles. The lowest BCUT2D eigenvalue weighted by molar-refractivity contribution is 0.413. The first kappa shape index (κ1) is 13.6. The van der Waals surface area contributed by atoms with Crippen molar-refractivity contribution in [2.45, 2.75) is 19.5 Å². The van der Waals surface area contributed by atoms with E-state index < -0.39 is 0 Å². The Bertz CT molecular complexity index is 499. The van der Waals surface area contributed by atoms with Gasteiger partial charge in [0.05, 0.1) is 7.11 Å². The van der Waals surface area contributed by atoms with Crippen LogP contribution in [0.2, 0.25) is 0 Å². The molecular formula is C14H16BrNOS. The predicted molar refractivity (Wildman–Crippen MR) is 80.3 cm³/mol. The fourth-order valence-corrected chi connectivity index (χ4v) is 2.86. The molecule has 0 radical (unpaired) electrons.